The van der Waals surface area contributed by atoms with Crippen LogP contribution in [0.25, 0.3) is 16.7 Å². The Labute approximate surface area is 196 Å². The molecule has 1 aliphatic rings. The van der Waals surface area contributed by atoms with Gasteiger partial charge in [-0.3, -0.25) is 9.59 Å². The Kier molecular flexibility index (Phi) is 5.72. The van der Waals surface area contributed by atoms with E-state index in [0.717, 1.165) is 12.0 Å². The maximum atomic E-state index is 13.4. The Bertz CT molecular complexity index is 1420. The SMILES string of the molecule is Cc1ccnc(-n2c(SC(C)C(=O)N3CCc4ccccc4C3)nc3ccccc3c2=O)c1. The van der Waals surface area contributed by atoms with Crippen molar-refractivity contribution in [2.24, 2.45) is 0 Å². The van der Waals surface area contributed by atoms with Gasteiger partial charge in [0.25, 0.3) is 5.56 Å². The number of pyridine rings is 1. The van der Waals surface area contributed by atoms with Crippen molar-refractivity contribution < 1.29 is 4.79 Å². The number of carbonyl (C=O) groups excluding carboxylic acids is 1. The summed E-state index contributed by atoms with van der Waals surface area (Å²) in [6.07, 6.45) is 2.53. The minimum Gasteiger partial charge on any atom is -0.337 e. The second kappa shape index (κ2) is 8.83. The van der Waals surface area contributed by atoms with Gasteiger partial charge in [-0.2, -0.15) is 0 Å². The van der Waals surface area contributed by atoms with E-state index in [9.17, 15) is 9.59 Å². The van der Waals surface area contributed by atoms with Crippen molar-refractivity contribution in [3.63, 3.8) is 0 Å². The van der Waals surface area contributed by atoms with E-state index >= 15 is 0 Å². The summed E-state index contributed by atoms with van der Waals surface area (Å²) in [5.41, 5.74) is 3.91. The number of para-hydroxylation sites is 1. The van der Waals surface area contributed by atoms with Gasteiger partial charge in [0.1, 0.15) is 5.82 Å². The van der Waals surface area contributed by atoms with Crippen molar-refractivity contribution in [2.45, 2.75) is 37.2 Å². The van der Waals surface area contributed by atoms with Gasteiger partial charge in [-0.25, -0.2) is 14.5 Å². The predicted molar refractivity (Wildman–Crippen MR) is 131 cm³/mol. The molecule has 1 unspecified atom stereocenters. The molecule has 0 saturated heterocycles. The van der Waals surface area contributed by atoms with Gasteiger partial charge in [0.2, 0.25) is 5.91 Å². The van der Waals surface area contributed by atoms with E-state index in [1.54, 1.807) is 12.3 Å². The van der Waals surface area contributed by atoms with Crippen LogP contribution in [-0.2, 0) is 17.8 Å². The van der Waals surface area contributed by atoms with Crippen LogP contribution >= 0.6 is 11.8 Å². The molecule has 7 heteroatoms. The van der Waals surface area contributed by atoms with Crippen LogP contribution in [0.5, 0.6) is 0 Å². The fourth-order valence-corrected chi connectivity index (χ4v) is 5.18. The number of nitrogens with zero attached hydrogens (tertiary/aromatic N) is 4. The summed E-state index contributed by atoms with van der Waals surface area (Å²) in [6.45, 7) is 5.14. The van der Waals surface area contributed by atoms with E-state index in [1.165, 1.54) is 27.5 Å². The van der Waals surface area contributed by atoms with E-state index in [-0.39, 0.29) is 11.5 Å². The molecule has 0 radical (unpaired) electrons. The van der Waals surface area contributed by atoms with E-state index in [1.807, 2.05) is 61.2 Å². The quantitative estimate of drug-likeness (QED) is 0.341. The number of amides is 1. The van der Waals surface area contributed by atoms with Crippen molar-refractivity contribution in [1.29, 1.82) is 0 Å². The van der Waals surface area contributed by atoms with Gasteiger partial charge in [0, 0.05) is 19.3 Å². The van der Waals surface area contributed by atoms with E-state index in [2.05, 4.69) is 17.1 Å². The van der Waals surface area contributed by atoms with Crippen molar-refractivity contribution in [3.8, 4) is 5.82 Å². The fourth-order valence-electron chi connectivity index (χ4n) is 4.19. The van der Waals surface area contributed by atoms with Crippen molar-refractivity contribution in [3.05, 3.63) is 93.9 Å². The van der Waals surface area contributed by atoms with Crippen molar-refractivity contribution in [2.75, 3.05) is 6.54 Å². The van der Waals surface area contributed by atoms with Crippen LogP contribution in [0.15, 0.2) is 76.8 Å². The van der Waals surface area contributed by atoms with Gasteiger partial charge in [0.05, 0.1) is 16.2 Å². The number of carbonyl (C=O) groups is 1. The molecule has 0 fully saturated rings. The molecule has 0 bridgehead atoms. The molecule has 5 rings (SSSR count). The molecule has 1 atom stereocenters. The third-order valence-corrected chi connectivity index (χ3v) is 6.99. The third kappa shape index (κ3) is 4.16. The Morgan fingerprint density at radius 2 is 1.82 bits per heavy atom. The number of fused-ring (bicyclic) bond motifs is 2. The number of aryl methyl sites for hydroxylation is 1. The molecule has 0 spiro atoms. The Hall–Kier alpha value is -3.45. The first kappa shape index (κ1) is 21.4. The molecule has 1 amide bonds. The van der Waals surface area contributed by atoms with Crippen LogP contribution in [0.2, 0.25) is 0 Å². The van der Waals surface area contributed by atoms with Gasteiger partial charge in [-0.1, -0.05) is 48.2 Å². The highest BCUT2D eigenvalue weighted by Gasteiger charge is 2.27. The zero-order chi connectivity index (χ0) is 22.9. The lowest BCUT2D eigenvalue weighted by Gasteiger charge is -2.30. The maximum absolute atomic E-state index is 13.4. The monoisotopic (exact) mass is 456 g/mol. The summed E-state index contributed by atoms with van der Waals surface area (Å²) < 4.78 is 1.52. The van der Waals surface area contributed by atoms with Gasteiger partial charge >= 0.3 is 0 Å². The van der Waals surface area contributed by atoms with Gasteiger partial charge in [-0.15, -0.1) is 0 Å². The first-order valence-corrected chi connectivity index (χ1v) is 11.9. The molecular weight excluding hydrogens is 432 g/mol. The fraction of sp³-hybridized carbons (Fsp3) is 0.231. The molecule has 0 saturated carbocycles. The lowest BCUT2D eigenvalue weighted by molar-refractivity contribution is -0.131. The predicted octanol–water partition coefficient (Wildman–Crippen LogP) is 4.15. The van der Waals surface area contributed by atoms with Crippen LogP contribution in [-0.4, -0.2) is 37.1 Å². The number of rotatable bonds is 4. The minimum absolute atomic E-state index is 0.0423. The summed E-state index contributed by atoms with van der Waals surface area (Å²) in [5, 5.41) is 0.589. The summed E-state index contributed by atoms with van der Waals surface area (Å²) in [5.74, 6) is 0.549. The standard InChI is InChI=1S/C26H24N4O2S/c1-17-11-13-27-23(15-17)30-25(32)21-9-5-6-10-22(21)28-26(30)33-18(2)24(31)29-14-12-19-7-3-4-8-20(19)16-29/h3-11,13,15,18H,12,14,16H2,1-2H3. The highest BCUT2D eigenvalue weighted by molar-refractivity contribution is 8.00. The van der Waals surface area contributed by atoms with Gasteiger partial charge < -0.3 is 4.90 Å². The number of thioether (sulfide) groups is 1. The number of hydrogen-bond acceptors (Lipinski definition) is 5. The Morgan fingerprint density at radius 3 is 2.64 bits per heavy atom. The molecule has 6 nitrogen and oxygen atoms in total. The average molecular weight is 457 g/mol. The van der Waals surface area contributed by atoms with Crippen LogP contribution in [0, 0.1) is 6.92 Å². The molecule has 3 heterocycles. The van der Waals surface area contributed by atoms with Crippen LogP contribution in [0.1, 0.15) is 23.6 Å². The van der Waals surface area contributed by atoms with Gasteiger partial charge in [-0.05, 0) is 61.2 Å². The number of hydrogen-bond donors (Lipinski definition) is 0. The Balaban J connectivity index is 1.50. The van der Waals surface area contributed by atoms with E-state index in [0.29, 0.717) is 35.0 Å². The number of aromatic nitrogens is 3. The second-order valence-electron chi connectivity index (χ2n) is 8.28. The third-order valence-electron chi connectivity index (χ3n) is 5.95. The topological polar surface area (TPSA) is 68.1 Å². The highest BCUT2D eigenvalue weighted by Crippen LogP contribution is 2.27. The van der Waals surface area contributed by atoms with E-state index < -0.39 is 5.25 Å². The van der Waals surface area contributed by atoms with Crippen LogP contribution in [0.4, 0.5) is 0 Å². The van der Waals surface area contributed by atoms with E-state index in [4.69, 9.17) is 4.98 Å². The first-order valence-electron chi connectivity index (χ1n) is 11.0. The zero-order valence-electron chi connectivity index (χ0n) is 18.6. The van der Waals surface area contributed by atoms with Crippen LogP contribution < -0.4 is 5.56 Å². The minimum atomic E-state index is -0.403. The first-order chi connectivity index (χ1) is 16.0. The highest BCUT2D eigenvalue weighted by atomic mass is 32.2. The summed E-state index contributed by atoms with van der Waals surface area (Å²) in [7, 11) is 0. The zero-order valence-corrected chi connectivity index (χ0v) is 19.4. The van der Waals surface area contributed by atoms with Gasteiger partial charge in [0.15, 0.2) is 5.16 Å². The molecule has 0 aliphatic carbocycles. The number of benzene rings is 2. The molecule has 1 aliphatic heterocycles. The lowest BCUT2D eigenvalue weighted by atomic mass is 10.00. The second-order valence-corrected chi connectivity index (χ2v) is 9.59. The molecule has 33 heavy (non-hydrogen) atoms. The van der Waals surface area contributed by atoms with Crippen molar-refractivity contribution in [1.82, 2.24) is 19.4 Å². The molecule has 2 aromatic heterocycles. The smallest absolute Gasteiger partial charge is 0.267 e. The average Bonchev–Trinajstić information content (AvgIpc) is 2.83. The summed E-state index contributed by atoms with van der Waals surface area (Å²) in [6, 6.07) is 19.3. The molecule has 2 aromatic carbocycles. The molecule has 166 valence electrons. The van der Waals surface area contributed by atoms with Crippen molar-refractivity contribution >= 4 is 28.6 Å². The molecular formula is C26H24N4O2S. The lowest BCUT2D eigenvalue weighted by Crippen LogP contribution is -2.40. The molecule has 0 N–H and O–H groups in total. The Morgan fingerprint density at radius 1 is 1.06 bits per heavy atom. The normalized spacial score (nSPS) is 14.2. The largest absolute Gasteiger partial charge is 0.337 e. The summed E-state index contributed by atoms with van der Waals surface area (Å²) >= 11 is 1.30. The van der Waals surface area contributed by atoms with Crippen LogP contribution in [0.3, 0.4) is 0 Å². The summed E-state index contributed by atoms with van der Waals surface area (Å²) in [4.78, 5) is 37.8. The molecule has 4 aromatic rings. The maximum Gasteiger partial charge on any atom is 0.267 e.